The first-order chi connectivity index (χ1) is 13.6. The Balaban J connectivity index is 1.71. The summed E-state index contributed by atoms with van der Waals surface area (Å²) < 4.78 is 0. The fourth-order valence-corrected chi connectivity index (χ4v) is 4.73. The molecule has 1 amide bonds. The lowest BCUT2D eigenvalue weighted by molar-refractivity contribution is -0.124. The van der Waals surface area contributed by atoms with Crippen molar-refractivity contribution in [3.05, 3.63) is 58.6 Å². The van der Waals surface area contributed by atoms with Gasteiger partial charge >= 0.3 is 0 Å². The van der Waals surface area contributed by atoms with Gasteiger partial charge in [-0.3, -0.25) is 9.69 Å². The number of aromatic nitrogens is 1. The Morgan fingerprint density at radius 3 is 2.71 bits per heavy atom. The number of aliphatic imine (C=N–C) groups is 1. The summed E-state index contributed by atoms with van der Waals surface area (Å²) in [6.07, 6.45) is 7.34. The summed E-state index contributed by atoms with van der Waals surface area (Å²) in [5, 5.41) is 10.4. The number of nitrogens with zero attached hydrogens (tertiary/aromatic N) is 3. The maximum absolute atomic E-state index is 13.2. The number of amides is 1. The third-order valence-corrected chi connectivity index (χ3v) is 6.01. The minimum atomic E-state index is -0.00774. The van der Waals surface area contributed by atoms with Crippen molar-refractivity contribution < 1.29 is 9.90 Å². The van der Waals surface area contributed by atoms with Gasteiger partial charge in [0.2, 0.25) is 0 Å². The predicted molar refractivity (Wildman–Crippen MR) is 113 cm³/mol. The fraction of sp³-hybridized carbons (Fsp3) is 0.318. The van der Waals surface area contributed by atoms with Crippen LogP contribution in [0.5, 0.6) is 5.75 Å². The normalized spacial score (nSPS) is 21.0. The zero-order valence-corrected chi connectivity index (χ0v) is 16.7. The number of benzene rings is 1. The standard InChI is InChI=1S/C22H23N3O2S/c1-15-7-5-12-20(23-15)24-22-25(17-9-3-2-4-10-17)21(27)19(28-22)14-16-8-6-11-18(26)13-16/h5-8,11-14,17,26H,2-4,9-10H2,1H3/b19-14-,24-22+. The highest BCUT2D eigenvalue weighted by Crippen LogP contribution is 2.38. The Morgan fingerprint density at radius 2 is 1.96 bits per heavy atom. The molecule has 1 aromatic heterocycles. The summed E-state index contributed by atoms with van der Waals surface area (Å²) in [7, 11) is 0. The van der Waals surface area contributed by atoms with Crippen molar-refractivity contribution >= 4 is 34.7 Å². The maximum atomic E-state index is 13.2. The molecule has 2 fully saturated rings. The van der Waals surface area contributed by atoms with E-state index < -0.39 is 0 Å². The lowest BCUT2D eigenvalue weighted by Crippen LogP contribution is -2.40. The van der Waals surface area contributed by atoms with Crippen LogP contribution < -0.4 is 0 Å². The van der Waals surface area contributed by atoms with E-state index in [4.69, 9.17) is 4.99 Å². The summed E-state index contributed by atoms with van der Waals surface area (Å²) >= 11 is 1.39. The molecule has 144 valence electrons. The molecule has 0 unspecified atom stereocenters. The Bertz CT molecular complexity index is 948. The van der Waals surface area contributed by atoms with Crippen molar-refractivity contribution in [1.29, 1.82) is 0 Å². The van der Waals surface area contributed by atoms with Gasteiger partial charge in [0.25, 0.3) is 5.91 Å². The number of hydrogen-bond donors (Lipinski definition) is 1. The molecular formula is C22H23N3O2S. The van der Waals surface area contributed by atoms with Crippen LogP contribution in [0.1, 0.15) is 43.4 Å². The predicted octanol–water partition coefficient (Wildman–Crippen LogP) is 5.03. The summed E-state index contributed by atoms with van der Waals surface area (Å²) in [5.41, 5.74) is 1.70. The van der Waals surface area contributed by atoms with Gasteiger partial charge in [0.15, 0.2) is 11.0 Å². The SMILES string of the molecule is Cc1cccc(/N=C2/S/C(=C\c3cccc(O)c3)C(=O)N2C2CCCCC2)n1. The number of pyridine rings is 1. The quantitative estimate of drug-likeness (QED) is 0.743. The molecule has 0 spiro atoms. The summed E-state index contributed by atoms with van der Waals surface area (Å²) in [6, 6.07) is 12.8. The van der Waals surface area contributed by atoms with Gasteiger partial charge in [0.1, 0.15) is 5.75 Å². The second-order valence-corrected chi connectivity index (χ2v) is 8.21. The molecule has 2 aromatic rings. The number of aryl methyl sites for hydroxylation is 1. The first-order valence-electron chi connectivity index (χ1n) is 9.65. The Labute approximate surface area is 169 Å². The molecule has 1 aliphatic carbocycles. The van der Waals surface area contributed by atoms with E-state index in [0.717, 1.165) is 36.9 Å². The lowest BCUT2D eigenvalue weighted by atomic mass is 9.94. The molecular weight excluding hydrogens is 370 g/mol. The van der Waals surface area contributed by atoms with Crippen LogP contribution in [0, 0.1) is 6.92 Å². The molecule has 0 atom stereocenters. The first-order valence-corrected chi connectivity index (χ1v) is 10.5. The average molecular weight is 394 g/mol. The molecule has 1 N–H and O–H groups in total. The molecule has 1 aromatic carbocycles. The van der Waals surface area contributed by atoms with Gasteiger partial charge in [-0.2, -0.15) is 0 Å². The third kappa shape index (κ3) is 4.12. The van der Waals surface area contributed by atoms with Gasteiger partial charge in [-0.1, -0.05) is 37.5 Å². The van der Waals surface area contributed by atoms with Crippen molar-refractivity contribution in [2.75, 3.05) is 0 Å². The molecule has 5 nitrogen and oxygen atoms in total. The van der Waals surface area contributed by atoms with E-state index in [9.17, 15) is 9.90 Å². The maximum Gasteiger partial charge on any atom is 0.267 e. The second kappa shape index (κ2) is 8.19. The highest BCUT2D eigenvalue weighted by atomic mass is 32.2. The molecule has 6 heteroatoms. The van der Waals surface area contributed by atoms with E-state index in [1.165, 1.54) is 18.2 Å². The van der Waals surface area contributed by atoms with Crippen LogP contribution in [0.4, 0.5) is 5.82 Å². The monoisotopic (exact) mass is 393 g/mol. The molecule has 1 saturated carbocycles. The molecule has 1 aliphatic heterocycles. The number of carbonyl (C=O) groups excluding carboxylic acids is 1. The van der Waals surface area contributed by atoms with Crippen LogP contribution in [0.3, 0.4) is 0 Å². The molecule has 1 saturated heterocycles. The van der Waals surface area contributed by atoms with Crippen molar-refractivity contribution in [1.82, 2.24) is 9.88 Å². The first kappa shape index (κ1) is 18.7. The number of carbonyl (C=O) groups is 1. The zero-order valence-electron chi connectivity index (χ0n) is 15.8. The van der Waals surface area contributed by atoms with E-state index in [0.29, 0.717) is 15.9 Å². The highest BCUT2D eigenvalue weighted by molar-refractivity contribution is 8.18. The summed E-state index contributed by atoms with van der Waals surface area (Å²) in [6.45, 7) is 1.93. The van der Waals surface area contributed by atoms with Crippen molar-refractivity contribution in [3.8, 4) is 5.75 Å². The van der Waals surface area contributed by atoms with E-state index in [2.05, 4.69) is 4.98 Å². The van der Waals surface area contributed by atoms with Crippen LogP contribution in [0.15, 0.2) is 52.4 Å². The highest BCUT2D eigenvalue weighted by Gasteiger charge is 2.38. The number of phenolic OH excluding ortho intramolecular Hbond substituents is 1. The number of aromatic hydroxyl groups is 1. The summed E-state index contributed by atoms with van der Waals surface area (Å²) in [4.78, 5) is 24.9. The molecule has 4 rings (SSSR count). The smallest absolute Gasteiger partial charge is 0.267 e. The number of rotatable bonds is 3. The molecule has 2 heterocycles. The fourth-order valence-electron chi connectivity index (χ4n) is 3.68. The zero-order chi connectivity index (χ0) is 19.5. The third-order valence-electron chi connectivity index (χ3n) is 5.03. The van der Waals surface area contributed by atoms with E-state index >= 15 is 0 Å². The molecule has 0 radical (unpaired) electrons. The van der Waals surface area contributed by atoms with Crippen molar-refractivity contribution in [2.45, 2.75) is 45.1 Å². The Morgan fingerprint density at radius 1 is 1.18 bits per heavy atom. The number of amidine groups is 1. The van der Waals surface area contributed by atoms with Crippen LogP contribution in [-0.4, -0.2) is 32.1 Å². The van der Waals surface area contributed by atoms with E-state index in [1.54, 1.807) is 18.2 Å². The van der Waals surface area contributed by atoms with Gasteiger partial charge < -0.3 is 5.11 Å². The van der Waals surface area contributed by atoms with Gasteiger partial charge in [-0.25, -0.2) is 9.98 Å². The van der Waals surface area contributed by atoms with Gasteiger partial charge in [-0.05, 0) is 67.4 Å². The van der Waals surface area contributed by atoms with Crippen LogP contribution in [0.2, 0.25) is 0 Å². The van der Waals surface area contributed by atoms with E-state index in [1.807, 2.05) is 42.2 Å². The molecule has 2 aliphatic rings. The topological polar surface area (TPSA) is 65.8 Å². The van der Waals surface area contributed by atoms with E-state index in [-0.39, 0.29) is 17.7 Å². The lowest BCUT2D eigenvalue weighted by Gasteiger charge is -2.30. The van der Waals surface area contributed by atoms with Crippen LogP contribution >= 0.6 is 11.8 Å². The molecule has 28 heavy (non-hydrogen) atoms. The van der Waals surface area contributed by atoms with Crippen LogP contribution in [-0.2, 0) is 4.79 Å². The van der Waals surface area contributed by atoms with Gasteiger partial charge in [-0.15, -0.1) is 0 Å². The van der Waals surface area contributed by atoms with Crippen LogP contribution in [0.25, 0.3) is 6.08 Å². The minimum absolute atomic E-state index is 0.00774. The second-order valence-electron chi connectivity index (χ2n) is 7.20. The van der Waals surface area contributed by atoms with Gasteiger partial charge in [0, 0.05) is 11.7 Å². The largest absolute Gasteiger partial charge is 0.508 e. The minimum Gasteiger partial charge on any atom is -0.508 e. The number of thioether (sulfide) groups is 1. The van der Waals surface area contributed by atoms with Crippen molar-refractivity contribution in [3.63, 3.8) is 0 Å². The average Bonchev–Trinajstić information content (AvgIpc) is 2.97. The van der Waals surface area contributed by atoms with Crippen molar-refractivity contribution in [2.24, 2.45) is 4.99 Å². The van der Waals surface area contributed by atoms with Gasteiger partial charge in [0.05, 0.1) is 4.91 Å². The summed E-state index contributed by atoms with van der Waals surface area (Å²) in [5.74, 6) is 0.799. The molecule has 0 bridgehead atoms. The Hall–Kier alpha value is -2.60. The Kier molecular flexibility index (Phi) is 5.48. The number of phenols is 1. The number of hydrogen-bond acceptors (Lipinski definition) is 5.